The zero-order valence-corrected chi connectivity index (χ0v) is 37.1. The highest BCUT2D eigenvalue weighted by Gasteiger charge is 2.42. The zero-order chi connectivity index (χ0) is 44.3. The first-order chi connectivity index (χ1) is 30.2. The molecule has 5 rings (SSSR count). The first-order valence-electron chi connectivity index (χ1n) is 20.6. The van der Waals surface area contributed by atoms with Crippen molar-refractivity contribution in [1.82, 2.24) is 0 Å². The lowest BCUT2D eigenvalue weighted by molar-refractivity contribution is 0.101. The minimum atomic E-state index is -2.69. The molecule has 0 aliphatic rings. The van der Waals surface area contributed by atoms with Crippen molar-refractivity contribution in [3.8, 4) is 11.5 Å². The SMILES string of the molecule is COc1ccc(C(=O)CS(CCO)(CCO)OB(OCCCC(c2ccccc2)(c2ccccc2)c2ccccc2)OS(CCO)(CCO)CC(=O)c2ccc(OC)cc2)cc1. The van der Waals surface area contributed by atoms with Crippen LogP contribution < -0.4 is 9.47 Å². The summed E-state index contributed by atoms with van der Waals surface area (Å²) < 4.78 is 30.8. The molecule has 14 heteroatoms. The predicted octanol–water partition coefficient (Wildman–Crippen LogP) is 7.03. The third kappa shape index (κ3) is 12.8. The molecular formula is C48H59BO11S2. The lowest BCUT2D eigenvalue weighted by Crippen LogP contribution is -2.39. The van der Waals surface area contributed by atoms with Gasteiger partial charge in [-0.2, -0.15) is 0 Å². The molecule has 0 heterocycles. The molecule has 0 saturated heterocycles. The standard InChI is InChI=1S/C48H59BO11S2/c1-56-44-23-19-39(20-24-44)46(54)37-61(33-28-50,34-29-51)59-49(60-62(35-30-52,36-31-53)38-47(55)40-21-25-45(57-2)26-22-40)58-32-12-27-48(41-13-6-3-7-14-41,42-15-8-4-9-16-42)43-17-10-5-11-18-43/h3-11,13-26,50-53H,12,27-38H2,1-2H3. The van der Waals surface area contributed by atoms with E-state index in [1.54, 1.807) is 48.5 Å². The van der Waals surface area contributed by atoms with Crippen molar-refractivity contribution in [2.24, 2.45) is 0 Å². The Morgan fingerprint density at radius 1 is 0.516 bits per heavy atom. The van der Waals surface area contributed by atoms with Gasteiger partial charge in [0.2, 0.25) is 0 Å². The molecule has 0 amide bonds. The highest BCUT2D eigenvalue weighted by atomic mass is 32.3. The van der Waals surface area contributed by atoms with Gasteiger partial charge in [0.05, 0.1) is 52.2 Å². The summed E-state index contributed by atoms with van der Waals surface area (Å²) in [5.74, 6) is 0.339. The molecule has 5 aromatic rings. The fourth-order valence-electron chi connectivity index (χ4n) is 7.64. The second-order valence-electron chi connectivity index (χ2n) is 14.7. The molecule has 0 aliphatic heterocycles. The molecule has 0 radical (unpaired) electrons. The lowest BCUT2D eigenvalue weighted by atomic mass is 9.67. The van der Waals surface area contributed by atoms with E-state index in [2.05, 4.69) is 36.4 Å². The molecule has 4 N–H and O–H groups in total. The van der Waals surface area contributed by atoms with Crippen LogP contribution >= 0.6 is 20.6 Å². The molecule has 11 nitrogen and oxygen atoms in total. The Kier molecular flexibility index (Phi) is 19.1. The molecule has 0 aliphatic carbocycles. The number of methoxy groups -OCH3 is 2. The Labute approximate surface area is 369 Å². The summed E-state index contributed by atoms with van der Waals surface area (Å²) in [6, 6.07) is 44.2. The number of ether oxygens (including phenoxy) is 2. The van der Waals surface area contributed by atoms with Gasteiger partial charge in [-0.1, -0.05) is 91.0 Å². The monoisotopic (exact) mass is 886 g/mol. The summed E-state index contributed by atoms with van der Waals surface area (Å²) in [5.41, 5.74) is 3.50. The second kappa shape index (κ2) is 24.4. The number of hydrogen-bond donors (Lipinski definition) is 4. The van der Waals surface area contributed by atoms with Crippen LogP contribution in [0.4, 0.5) is 0 Å². The molecule has 0 spiro atoms. The lowest BCUT2D eigenvalue weighted by Gasteiger charge is -2.44. The molecule has 0 aromatic heterocycles. The van der Waals surface area contributed by atoms with E-state index < -0.39 is 33.4 Å². The Bertz CT molecular complexity index is 1880. The van der Waals surface area contributed by atoms with Gasteiger partial charge in [-0.3, -0.25) is 9.59 Å². The number of Topliss-reactive ketones (excluding diaryl/α,β-unsaturated/α-hetero) is 2. The number of benzene rings is 5. The minimum Gasteiger partial charge on any atom is -0.497 e. The van der Waals surface area contributed by atoms with Crippen molar-refractivity contribution in [2.75, 3.05) is 81.8 Å². The van der Waals surface area contributed by atoms with Crippen LogP contribution in [-0.4, -0.2) is 121 Å². The quantitative estimate of drug-likeness (QED) is 0.0177. The Morgan fingerprint density at radius 2 is 0.855 bits per heavy atom. The molecule has 5 aromatic carbocycles. The molecular weight excluding hydrogens is 827 g/mol. The summed E-state index contributed by atoms with van der Waals surface area (Å²) in [6.45, 7) is -1.32. The minimum absolute atomic E-state index is 0.0188. The maximum atomic E-state index is 13.9. The third-order valence-electron chi connectivity index (χ3n) is 10.8. The topological polar surface area (TPSA) is 161 Å². The smallest absolute Gasteiger partial charge is 0.497 e. The van der Waals surface area contributed by atoms with Crippen molar-refractivity contribution >= 4 is 39.5 Å². The highest BCUT2D eigenvalue weighted by Crippen LogP contribution is 2.55. The van der Waals surface area contributed by atoms with Crippen molar-refractivity contribution in [1.29, 1.82) is 0 Å². The zero-order valence-electron chi connectivity index (χ0n) is 35.5. The molecule has 0 fully saturated rings. The number of aliphatic hydroxyl groups is 4. The van der Waals surface area contributed by atoms with Crippen LogP contribution in [0.1, 0.15) is 50.2 Å². The number of aliphatic hydroxyl groups excluding tert-OH is 4. The molecule has 62 heavy (non-hydrogen) atoms. The largest absolute Gasteiger partial charge is 0.660 e. The van der Waals surface area contributed by atoms with Crippen molar-refractivity contribution in [3.05, 3.63) is 167 Å². The first kappa shape index (κ1) is 48.6. The van der Waals surface area contributed by atoms with E-state index in [0.29, 0.717) is 35.5 Å². The van der Waals surface area contributed by atoms with Gasteiger partial charge in [0.25, 0.3) is 0 Å². The van der Waals surface area contributed by atoms with E-state index in [0.717, 1.165) is 16.7 Å². The second-order valence-corrected chi connectivity index (χ2v) is 21.2. The number of hydrogen-bond acceptors (Lipinski definition) is 11. The normalized spacial score (nSPS) is 12.4. The van der Waals surface area contributed by atoms with Crippen molar-refractivity contribution < 1.29 is 52.3 Å². The third-order valence-corrected chi connectivity index (χ3v) is 17.2. The Balaban J connectivity index is 1.52. The average molecular weight is 887 g/mol. The van der Waals surface area contributed by atoms with Crippen LogP contribution in [0, 0.1) is 0 Å². The van der Waals surface area contributed by atoms with Gasteiger partial charge >= 0.3 is 7.32 Å². The van der Waals surface area contributed by atoms with E-state index >= 15 is 0 Å². The van der Waals surface area contributed by atoms with Gasteiger partial charge in [0.15, 0.2) is 11.6 Å². The molecule has 332 valence electrons. The first-order valence-corrected chi connectivity index (χ1v) is 24.8. The van der Waals surface area contributed by atoms with Gasteiger partial charge in [-0.25, -0.2) is 0 Å². The van der Waals surface area contributed by atoms with E-state index in [1.165, 1.54) is 14.2 Å². The summed E-state index contributed by atoms with van der Waals surface area (Å²) >= 11 is 0. The van der Waals surface area contributed by atoms with Crippen LogP contribution in [0.5, 0.6) is 11.5 Å². The Morgan fingerprint density at radius 3 is 1.16 bits per heavy atom. The maximum Gasteiger partial charge on any atom is 0.660 e. The van der Waals surface area contributed by atoms with Gasteiger partial charge < -0.3 is 42.8 Å². The maximum absolute atomic E-state index is 13.9. The summed E-state index contributed by atoms with van der Waals surface area (Å²) in [7, 11) is -3.81. The van der Waals surface area contributed by atoms with Crippen LogP contribution in [0.25, 0.3) is 0 Å². The number of carbonyl (C=O) groups excluding carboxylic acids is 2. The van der Waals surface area contributed by atoms with Crippen molar-refractivity contribution in [2.45, 2.75) is 18.3 Å². The van der Waals surface area contributed by atoms with E-state index in [-0.39, 0.29) is 79.1 Å². The fraction of sp³-hybridized carbons (Fsp3) is 0.333. The van der Waals surface area contributed by atoms with E-state index in [1.807, 2.05) is 54.6 Å². The molecule has 0 atom stereocenters. The summed E-state index contributed by atoms with van der Waals surface area (Å²) in [6.07, 6.45) is 1.09. The van der Waals surface area contributed by atoms with Crippen molar-refractivity contribution in [3.63, 3.8) is 0 Å². The van der Waals surface area contributed by atoms with Gasteiger partial charge in [0, 0.05) is 46.2 Å². The van der Waals surface area contributed by atoms with E-state index in [4.69, 9.17) is 22.3 Å². The summed E-state index contributed by atoms with van der Waals surface area (Å²) in [5, 5.41) is 41.8. The van der Waals surface area contributed by atoms with Gasteiger partial charge in [-0.05, 0) is 78.1 Å². The van der Waals surface area contributed by atoms with Crippen LogP contribution in [0.15, 0.2) is 140 Å². The molecule has 0 bridgehead atoms. The van der Waals surface area contributed by atoms with Crippen LogP contribution in [0.3, 0.4) is 0 Å². The average Bonchev–Trinajstić information content (AvgIpc) is 3.30. The van der Waals surface area contributed by atoms with Crippen LogP contribution in [-0.2, 0) is 18.3 Å². The Hall–Kier alpha value is -4.48. The highest BCUT2D eigenvalue weighted by molar-refractivity contribution is 8.32. The molecule has 0 saturated carbocycles. The number of carbonyl (C=O) groups is 2. The molecule has 0 unspecified atom stereocenters. The number of rotatable bonds is 28. The van der Waals surface area contributed by atoms with Gasteiger partial charge in [-0.15, -0.1) is 20.6 Å². The van der Waals surface area contributed by atoms with Gasteiger partial charge in [0.1, 0.15) is 11.5 Å². The number of ketones is 2. The van der Waals surface area contributed by atoms with E-state index in [9.17, 15) is 30.0 Å². The van der Waals surface area contributed by atoms with Crippen LogP contribution in [0.2, 0.25) is 0 Å². The predicted molar refractivity (Wildman–Crippen MR) is 250 cm³/mol. The summed E-state index contributed by atoms with van der Waals surface area (Å²) in [4.78, 5) is 27.9. The fourth-order valence-corrected chi connectivity index (χ4v) is 12.7.